The quantitative estimate of drug-likeness (QED) is 0.291. The molecule has 0 spiro atoms. The van der Waals surface area contributed by atoms with Gasteiger partial charge in [-0.3, -0.25) is 4.79 Å². The Balaban J connectivity index is 1.64. The molecule has 3 heterocycles. The molecule has 1 saturated heterocycles. The molecule has 14 nitrogen and oxygen atoms in total. The number of carbonyl (C=O) groups excluding carboxylic acids is 2. The van der Waals surface area contributed by atoms with E-state index in [9.17, 15) is 24.9 Å². The van der Waals surface area contributed by atoms with Crippen LogP contribution in [0.2, 0.25) is 0 Å². The molecular formula is C19H29N7O7. The predicted octanol–water partition coefficient (Wildman–Crippen LogP) is -1.44. The largest absolute Gasteiger partial charge is 0.444 e. The maximum absolute atomic E-state index is 12.5. The highest BCUT2D eigenvalue weighted by Crippen LogP contribution is 2.24. The number of anilines is 1. The van der Waals surface area contributed by atoms with Crippen LogP contribution in [0.25, 0.3) is 11.2 Å². The second kappa shape index (κ2) is 9.82. The number of aliphatic hydroxyl groups excluding tert-OH is 3. The van der Waals surface area contributed by atoms with Crippen molar-refractivity contribution >= 4 is 29.0 Å². The van der Waals surface area contributed by atoms with E-state index in [1.807, 2.05) is 0 Å². The van der Waals surface area contributed by atoms with Crippen LogP contribution in [-0.2, 0) is 14.3 Å². The Hall–Kier alpha value is -3.07. The number of likely N-dealkylation sites (N-methyl/N-ethyl adjacent to an activating group) is 1. The van der Waals surface area contributed by atoms with Crippen molar-refractivity contribution in [3.63, 3.8) is 0 Å². The molecule has 1 fully saturated rings. The van der Waals surface area contributed by atoms with E-state index in [-0.39, 0.29) is 12.4 Å². The summed E-state index contributed by atoms with van der Waals surface area (Å²) in [6, 6.07) is -1.14. The van der Waals surface area contributed by atoms with Gasteiger partial charge in [0.05, 0.1) is 19.0 Å². The van der Waals surface area contributed by atoms with Crippen molar-refractivity contribution < 1.29 is 34.4 Å². The number of nitrogens with one attached hydrogen (secondary N) is 3. The SMILES string of the molecule is CN(CC(=O)N[C@@H]1[C@@H](O)[C@H](O)[C@H](Nc2ncnc3nc[nH]c23)O[C@H]1CO)C(=O)OC(C)(C)C. The fraction of sp³-hybridized carbons (Fsp3) is 0.632. The number of amides is 2. The van der Waals surface area contributed by atoms with E-state index < -0.39 is 54.8 Å². The highest BCUT2D eigenvalue weighted by molar-refractivity contribution is 5.83. The van der Waals surface area contributed by atoms with Gasteiger partial charge >= 0.3 is 6.09 Å². The lowest BCUT2D eigenvalue weighted by Crippen LogP contribution is -2.66. The lowest BCUT2D eigenvalue weighted by molar-refractivity contribution is -0.185. The van der Waals surface area contributed by atoms with Gasteiger partial charge < -0.3 is 45.3 Å². The van der Waals surface area contributed by atoms with Crippen LogP contribution in [0, 0.1) is 0 Å². The fourth-order valence-electron chi connectivity index (χ4n) is 3.28. The number of aromatic nitrogens is 4. The summed E-state index contributed by atoms with van der Waals surface area (Å²) < 4.78 is 10.9. The molecule has 2 aromatic heterocycles. The minimum Gasteiger partial charge on any atom is -0.444 e. The molecule has 182 valence electrons. The van der Waals surface area contributed by atoms with E-state index in [1.165, 1.54) is 19.7 Å². The Morgan fingerprint density at radius 1 is 1.24 bits per heavy atom. The highest BCUT2D eigenvalue weighted by atomic mass is 16.6. The normalized spacial score (nSPS) is 25.5. The average Bonchev–Trinajstić information content (AvgIpc) is 3.22. The van der Waals surface area contributed by atoms with Gasteiger partial charge in [-0.1, -0.05) is 0 Å². The van der Waals surface area contributed by atoms with Gasteiger partial charge in [0, 0.05) is 7.05 Å². The van der Waals surface area contributed by atoms with Crippen molar-refractivity contribution in [2.45, 2.75) is 57.0 Å². The number of imidazole rings is 1. The smallest absolute Gasteiger partial charge is 0.410 e. The molecule has 0 bridgehead atoms. The molecule has 6 N–H and O–H groups in total. The molecule has 0 saturated carbocycles. The summed E-state index contributed by atoms with van der Waals surface area (Å²) in [6.07, 6.45) is -3.21. The Morgan fingerprint density at radius 3 is 2.64 bits per heavy atom. The Labute approximate surface area is 189 Å². The highest BCUT2D eigenvalue weighted by Gasteiger charge is 2.45. The van der Waals surface area contributed by atoms with Gasteiger partial charge in [0.2, 0.25) is 5.91 Å². The third-order valence-electron chi connectivity index (χ3n) is 4.85. The molecule has 0 unspecified atom stereocenters. The second-order valence-electron chi connectivity index (χ2n) is 8.66. The zero-order valence-corrected chi connectivity index (χ0v) is 18.7. The third-order valence-corrected chi connectivity index (χ3v) is 4.85. The molecule has 33 heavy (non-hydrogen) atoms. The summed E-state index contributed by atoms with van der Waals surface area (Å²) in [5, 5.41) is 36.4. The number of aromatic amines is 1. The molecule has 2 amide bonds. The number of H-pyrrole nitrogens is 1. The van der Waals surface area contributed by atoms with Crippen LogP contribution < -0.4 is 10.6 Å². The monoisotopic (exact) mass is 467 g/mol. The topological polar surface area (TPSA) is 195 Å². The van der Waals surface area contributed by atoms with Gasteiger partial charge in [-0.25, -0.2) is 19.7 Å². The van der Waals surface area contributed by atoms with E-state index in [0.29, 0.717) is 11.2 Å². The number of fused-ring (bicyclic) bond motifs is 1. The van der Waals surface area contributed by atoms with Crippen molar-refractivity contribution in [3.05, 3.63) is 12.7 Å². The van der Waals surface area contributed by atoms with E-state index in [2.05, 4.69) is 30.6 Å². The summed E-state index contributed by atoms with van der Waals surface area (Å²) >= 11 is 0. The minimum absolute atomic E-state index is 0.270. The number of aliphatic hydroxyl groups is 3. The van der Waals surface area contributed by atoms with Crippen molar-refractivity contribution in [3.8, 4) is 0 Å². The molecule has 3 rings (SSSR count). The van der Waals surface area contributed by atoms with Gasteiger partial charge in [-0.2, -0.15) is 0 Å². The molecule has 14 heteroatoms. The predicted molar refractivity (Wildman–Crippen MR) is 114 cm³/mol. The number of ether oxygens (including phenoxy) is 2. The summed E-state index contributed by atoms with van der Waals surface area (Å²) in [5.74, 6) is -0.366. The molecule has 0 radical (unpaired) electrons. The fourth-order valence-corrected chi connectivity index (χ4v) is 3.28. The van der Waals surface area contributed by atoms with Crippen molar-refractivity contribution in [1.82, 2.24) is 30.2 Å². The van der Waals surface area contributed by atoms with Crippen molar-refractivity contribution in [2.75, 3.05) is 25.5 Å². The van der Waals surface area contributed by atoms with Gasteiger partial charge in [-0.05, 0) is 20.8 Å². The lowest BCUT2D eigenvalue weighted by atomic mass is 9.95. The van der Waals surface area contributed by atoms with E-state index >= 15 is 0 Å². The van der Waals surface area contributed by atoms with Gasteiger partial charge in [0.1, 0.15) is 42.3 Å². The molecule has 0 aliphatic carbocycles. The molecule has 1 aliphatic heterocycles. The summed E-state index contributed by atoms with van der Waals surface area (Å²) in [4.78, 5) is 40.5. The average molecular weight is 467 g/mol. The molecule has 2 aromatic rings. The first-order valence-corrected chi connectivity index (χ1v) is 10.3. The van der Waals surface area contributed by atoms with Crippen LogP contribution >= 0.6 is 0 Å². The molecular weight excluding hydrogens is 438 g/mol. The Morgan fingerprint density at radius 2 is 1.97 bits per heavy atom. The van der Waals surface area contributed by atoms with E-state index in [0.717, 1.165) is 4.90 Å². The van der Waals surface area contributed by atoms with Crippen LogP contribution in [0.1, 0.15) is 20.8 Å². The number of rotatable bonds is 6. The Bertz CT molecular complexity index is 977. The standard InChI is InChI=1S/C19H29N7O7/c1-19(2,3)33-18(31)26(4)5-10(28)24-11-9(6-27)32-17(14(30)13(11)29)25-16-12-15(21-7-20-12)22-8-23-16/h7-9,11,13-14,17,27,29-30H,5-6H2,1-4H3,(H,24,28)(H2,20,21,22,23,25)/t9-,11-,13+,14-,17+/m0/s1. The maximum Gasteiger partial charge on any atom is 0.410 e. The zero-order chi connectivity index (χ0) is 24.3. The first kappa shape index (κ1) is 24.6. The van der Waals surface area contributed by atoms with Gasteiger partial charge in [0.25, 0.3) is 0 Å². The van der Waals surface area contributed by atoms with Crippen LogP contribution in [0.3, 0.4) is 0 Å². The van der Waals surface area contributed by atoms with Crippen molar-refractivity contribution in [1.29, 1.82) is 0 Å². The van der Waals surface area contributed by atoms with Gasteiger partial charge in [-0.15, -0.1) is 0 Å². The molecule has 1 aliphatic rings. The summed E-state index contributed by atoms with van der Waals surface area (Å²) in [6.45, 7) is 4.17. The lowest BCUT2D eigenvalue weighted by Gasteiger charge is -2.42. The number of nitrogens with zero attached hydrogens (tertiary/aromatic N) is 4. The number of hydrogen-bond acceptors (Lipinski definition) is 11. The zero-order valence-electron chi connectivity index (χ0n) is 18.7. The van der Waals surface area contributed by atoms with E-state index in [1.54, 1.807) is 20.8 Å². The molecule has 5 atom stereocenters. The first-order valence-electron chi connectivity index (χ1n) is 10.3. The molecule has 0 aromatic carbocycles. The second-order valence-corrected chi connectivity index (χ2v) is 8.66. The van der Waals surface area contributed by atoms with E-state index in [4.69, 9.17) is 9.47 Å². The van der Waals surface area contributed by atoms with Crippen LogP contribution in [0.15, 0.2) is 12.7 Å². The third kappa shape index (κ3) is 5.84. The van der Waals surface area contributed by atoms with Crippen LogP contribution in [-0.4, -0.2) is 109 Å². The maximum atomic E-state index is 12.5. The van der Waals surface area contributed by atoms with Gasteiger partial charge in [0.15, 0.2) is 17.7 Å². The minimum atomic E-state index is -1.50. The van der Waals surface area contributed by atoms with Crippen LogP contribution in [0.4, 0.5) is 10.6 Å². The summed E-state index contributed by atoms with van der Waals surface area (Å²) in [7, 11) is 1.39. The number of hydrogen-bond donors (Lipinski definition) is 6. The summed E-state index contributed by atoms with van der Waals surface area (Å²) in [5.41, 5.74) is 0.120. The number of carbonyl (C=O) groups is 2. The van der Waals surface area contributed by atoms with Crippen molar-refractivity contribution in [2.24, 2.45) is 0 Å². The first-order chi connectivity index (χ1) is 15.5. The van der Waals surface area contributed by atoms with Crippen LogP contribution in [0.5, 0.6) is 0 Å². The Kier molecular flexibility index (Phi) is 7.31.